The normalized spacial score (nSPS) is 11.3. The third kappa shape index (κ3) is 3.10. The topological polar surface area (TPSA) is 55.4 Å². The monoisotopic (exact) mass is 361 g/mol. The van der Waals surface area contributed by atoms with Crippen molar-refractivity contribution in [2.24, 2.45) is 0 Å². The highest BCUT2D eigenvalue weighted by Gasteiger charge is 2.20. The molecule has 0 amide bonds. The highest BCUT2D eigenvalue weighted by atomic mass is 79.9. The minimum absolute atomic E-state index is 0.246. The van der Waals surface area contributed by atoms with E-state index in [-0.39, 0.29) is 4.21 Å². The number of hydrogen-bond donors (Lipinski definition) is 1. The van der Waals surface area contributed by atoms with Gasteiger partial charge in [0.25, 0.3) is 10.0 Å². The van der Waals surface area contributed by atoms with Crippen LogP contribution in [0.2, 0.25) is 0 Å². The second kappa shape index (κ2) is 5.52. The van der Waals surface area contributed by atoms with E-state index < -0.39 is 10.0 Å². The van der Waals surface area contributed by atoms with E-state index in [2.05, 4.69) is 20.7 Å². The number of anilines is 1. The minimum atomic E-state index is -3.61. The van der Waals surface area contributed by atoms with Crippen LogP contribution in [-0.2, 0) is 10.0 Å². The van der Waals surface area contributed by atoms with Gasteiger partial charge in [0.1, 0.15) is 5.75 Å². The molecule has 0 spiro atoms. The summed E-state index contributed by atoms with van der Waals surface area (Å²) in [4.78, 5) is 0. The van der Waals surface area contributed by atoms with Crippen molar-refractivity contribution in [2.75, 3.05) is 11.8 Å². The molecular formula is C12H12BrNO3S2. The zero-order valence-corrected chi connectivity index (χ0v) is 13.5. The molecular weight excluding hydrogens is 350 g/mol. The van der Waals surface area contributed by atoms with E-state index in [1.54, 1.807) is 23.6 Å². The fourth-order valence-electron chi connectivity index (χ4n) is 1.56. The summed E-state index contributed by atoms with van der Waals surface area (Å²) in [5.74, 6) is 0.488. The number of ether oxygens (including phenoxy) is 1. The van der Waals surface area contributed by atoms with Crippen LogP contribution in [-0.4, -0.2) is 15.5 Å². The Hall–Kier alpha value is -1.05. The Bertz CT molecular complexity index is 695. The van der Waals surface area contributed by atoms with Crippen LogP contribution in [0.5, 0.6) is 5.75 Å². The molecule has 2 rings (SSSR count). The van der Waals surface area contributed by atoms with Gasteiger partial charge >= 0.3 is 0 Å². The number of hydrogen-bond acceptors (Lipinski definition) is 4. The Morgan fingerprint density at radius 3 is 2.63 bits per heavy atom. The molecule has 0 aliphatic carbocycles. The number of nitrogens with one attached hydrogen (secondary N) is 1. The second-order valence-corrected chi connectivity index (χ2v) is 7.51. The summed E-state index contributed by atoms with van der Waals surface area (Å²) < 4.78 is 33.1. The van der Waals surface area contributed by atoms with Gasteiger partial charge in [-0.3, -0.25) is 4.72 Å². The van der Waals surface area contributed by atoms with Crippen molar-refractivity contribution in [2.45, 2.75) is 11.1 Å². The molecule has 0 saturated carbocycles. The Morgan fingerprint density at radius 1 is 1.32 bits per heavy atom. The van der Waals surface area contributed by atoms with Gasteiger partial charge in [0.05, 0.1) is 12.8 Å². The van der Waals surface area contributed by atoms with E-state index in [9.17, 15) is 8.42 Å². The standard InChI is InChI=1S/C12H12BrNO3S2/c1-8-3-4-11(17-2)10(7-8)14-19(15,16)12-9(13)5-6-18-12/h3-7,14H,1-2H3. The molecule has 4 nitrogen and oxygen atoms in total. The molecule has 1 N–H and O–H groups in total. The van der Waals surface area contributed by atoms with Crippen molar-refractivity contribution >= 4 is 43.0 Å². The molecule has 0 aliphatic rings. The molecule has 0 unspecified atom stereocenters. The number of thiophene rings is 1. The molecule has 0 bridgehead atoms. The average molecular weight is 362 g/mol. The van der Waals surface area contributed by atoms with E-state index in [1.807, 2.05) is 13.0 Å². The average Bonchev–Trinajstić information content (AvgIpc) is 2.76. The Balaban J connectivity index is 2.41. The third-order valence-corrected chi connectivity index (χ3v) is 6.46. The van der Waals surface area contributed by atoms with E-state index in [4.69, 9.17) is 4.74 Å². The van der Waals surface area contributed by atoms with Gasteiger partial charge in [-0.2, -0.15) is 0 Å². The van der Waals surface area contributed by atoms with Gasteiger partial charge in [0.2, 0.25) is 0 Å². The van der Waals surface area contributed by atoms with Gasteiger partial charge in [-0.15, -0.1) is 11.3 Å². The Kier molecular flexibility index (Phi) is 4.17. The van der Waals surface area contributed by atoms with Crippen LogP contribution in [0.15, 0.2) is 38.3 Å². The van der Waals surface area contributed by atoms with E-state index >= 15 is 0 Å². The fraction of sp³-hybridized carbons (Fsp3) is 0.167. The maximum absolute atomic E-state index is 12.3. The van der Waals surface area contributed by atoms with E-state index in [0.29, 0.717) is 15.9 Å². The van der Waals surface area contributed by atoms with Crippen molar-refractivity contribution in [3.63, 3.8) is 0 Å². The van der Waals surface area contributed by atoms with Gasteiger partial charge in [0, 0.05) is 4.47 Å². The lowest BCUT2D eigenvalue weighted by Crippen LogP contribution is -2.12. The lowest BCUT2D eigenvalue weighted by Gasteiger charge is -2.12. The molecule has 2 aromatic rings. The van der Waals surface area contributed by atoms with Crippen molar-refractivity contribution in [3.05, 3.63) is 39.7 Å². The highest BCUT2D eigenvalue weighted by Crippen LogP contribution is 2.32. The summed E-state index contributed by atoms with van der Waals surface area (Å²) in [6.07, 6.45) is 0. The van der Waals surface area contributed by atoms with Crippen LogP contribution >= 0.6 is 27.3 Å². The number of benzene rings is 1. The summed E-state index contributed by atoms with van der Waals surface area (Å²) in [5, 5.41) is 1.71. The van der Waals surface area contributed by atoms with Crippen molar-refractivity contribution in [3.8, 4) is 5.75 Å². The maximum Gasteiger partial charge on any atom is 0.272 e. The van der Waals surface area contributed by atoms with E-state index in [0.717, 1.165) is 16.9 Å². The molecule has 1 aromatic carbocycles. The summed E-state index contributed by atoms with van der Waals surface area (Å²) in [5.41, 5.74) is 1.38. The van der Waals surface area contributed by atoms with Crippen LogP contribution in [0.25, 0.3) is 0 Å². The first-order chi connectivity index (χ1) is 8.94. The first-order valence-corrected chi connectivity index (χ1v) is 8.50. The summed E-state index contributed by atoms with van der Waals surface area (Å²) in [7, 11) is -2.10. The first-order valence-electron chi connectivity index (χ1n) is 5.34. The Labute approximate surface area is 124 Å². The van der Waals surface area contributed by atoms with E-state index in [1.165, 1.54) is 7.11 Å². The van der Waals surface area contributed by atoms with Crippen LogP contribution in [0.3, 0.4) is 0 Å². The SMILES string of the molecule is COc1ccc(C)cc1NS(=O)(=O)c1sccc1Br. The molecule has 1 heterocycles. The van der Waals surface area contributed by atoms with Gasteiger partial charge in [-0.25, -0.2) is 8.42 Å². The molecule has 0 aliphatic heterocycles. The summed E-state index contributed by atoms with van der Waals surface area (Å²) in [6, 6.07) is 7.03. The molecule has 102 valence electrons. The molecule has 0 radical (unpaired) electrons. The molecule has 0 saturated heterocycles. The van der Waals surface area contributed by atoms with Gasteiger partial charge < -0.3 is 4.74 Å². The molecule has 0 fully saturated rings. The summed E-state index contributed by atoms with van der Waals surface area (Å²) in [6.45, 7) is 1.89. The molecule has 0 atom stereocenters. The number of sulfonamides is 1. The highest BCUT2D eigenvalue weighted by molar-refractivity contribution is 9.10. The van der Waals surface area contributed by atoms with Crippen LogP contribution < -0.4 is 9.46 Å². The number of aryl methyl sites for hydroxylation is 1. The second-order valence-electron chi connectivity index (χ2n) is 3.87. The molecule has 7 heteroatoms. The smallest absolute Gasteiger partial charge is 0.272 e. The number of methoxy groups -OCH3 is 1. The number of halogens is 1. The predicted octanol–water partition coefficient (Wildman–Crippen LogP) is 3.63. The molecule has 1 aromatic heterocycles. The quantitative estimate of drug-likeness (QED) is 0.904. The zero-order valence-electron chi connectivity index (χ0n) is 10.3. The maximum atomic E-state index is 12.3. The predicted molar refractivity (Wildman–Crippen MR) is 80.6 cm³/mol. The largest absolute Gasteiger partial charge is 0.495 e. The molecule has 19 heavy (non-hydrogen) atoms. The minimum Gasteiger partial charge on any atom is -0.495 e. The van der Waals surface area contributed by atoms with Crippen molar-refractivity contribution in [1.29, 1.82) is 0 Å². The first kappa shape index (κ1) is 14.4. The van der Waals surface area contributed by atoms with Crippen molar-refractivity contribution < 1.29 is 13.2 Å². The van der Waals surface area contributed by atoms with Gasteiger partial charge in [-0.1, -0.05) is 6.07 Å². The van der Waals surface area contributed by atoms with Crippen LogP contribution in [0.1, 0.15) is 5.56 Å². The Morgan fingerprint density at radius 2 is 2.05 bits per heavy atom. The van der Waals surface area contributed by atoms with Crippen LogP contribution in [0.4, 0.5) is 5.69 Å². The lowest BCUT2D eigenvalue weighted by molar-refractivity contribution is 0.417. The van der Waals surface area contributed by atoms with Crippen LogP contribution in [0, 0.1) is 6.92 Å². The zero-order chi connectivity index (χ0) is 14.0. The van der Waals surface area contributed by atoms with Gasteiger partial charge in [0.15, 0.2) is 4.21 Å². The third-order valence-electron chi connectivity index (χ3n) is 2.43. The van der Waals surface area contributed by atoms with Crippen molar-refractivity contribution in [1.82, 2.24) is 0 Å². The summed E-state index contributed by atoms with van der Waals surface area (Å²) >= 11 is 4.38. The van der Waals surface area contributed by atoms with Gasteiger partial charge in [-0.05, 0) is 52.0 Å². The lowest BCUT2D eigenvalue weighted by atomic mass is 10.2. The number of rotatable bonds is 4. The fourth-order valence-corrected chi connectivity index (χ4v) is 4.96.